The molecular weight excluding hydrogens is 240 g/mol. The van der Waals surface area contributed by atoms with Crippen molar-refractivity contribution in [1.82, 2.24) is 9.80 Å². The summed E-state index contributed by atoms with van der Waals surface area (Å²) in [5.74, 6) is 0.781. The molecule has 2 aliphatic rings. The number of carboxylic acids is 1. The summed E-state index contributed by atoms with van der Waals surface area (Å²) in [6, 6.07) is -0.749. The molecular formula is C11H18N2O3S. The van der Waals surface area contributed by atoms with Crippen LogP contribution in [0.2, 0.25) is 0 Å². The Labute approximate surface area is 105 Å². The van der Waals surface area contributed by atoms with Gasteiger partial charge in [0, 0.05) is 18.8 Å². The monoisotopic (exact) mass is 258 g/mol. The molecule has 2 rings (SSSR count). The molecule has 2 fully saturated rings. The van der Waals surface area contributed by atoms with E-state index in [4.69, 9.17) is 5.11 Å². The van der Waals surface area contributed by atoms with Gasteiger partial charge in [0.15, 0.2) is 0 Å². The van der Waals surface area contributed by atoms with Gasteiger partial charge in [-0.05, 0) is 18.8 Å². The van der Waals surface area contributed by atoms with E-state index < -0.39 is 12.0 Å². The molecule has 5 nitrogen and oxygen atoms in total. The number of hydrogen-bond donors (Lipinski definition) is 1. The van der Waals surface area contributed by atoms with E-state index in [9.17, 15) is 9.59 Å². The van der Waals surface area contributed by atoms with E-state index in [-0.39, 0.29) is 6.03 Å². The molecule has 1 atom stereocenters. The summed E-state index contributed by atoms with van der Waals surface area (Å²) in [5.41, 5.74) is 0. The Balaban J connectivity index is 1.97. The van der Waals surface area contributed by atoms with Crippen LogP contribution in [0.4, 0.5) is 4.79 Å². The fraction of sp³-hybridized carbons (Fsp3) is 0.818. The van der Waals surface area contributed by atoms with Crippen LogP contribution in [-0.2, 0) is 4.79 Å². The van der Waals surface area contributed by atoms with Crippen molar-refractivity contribution >= 4 is 23.8 Å². The van der Waals surface area contributed by atoms with Gasteiger partial charge in [-0.1, -0.05) is 6.92 Å². The zero-order chi connectivity index (χ0) is 12.4. The lowest BCUT2D eigenvalue weighted by Gasteiger charge is -2.34. The van der Waals surface area contributed by atoms with E-state index in [1.54, 1.807) is 4.90 Å². The molecule has 2 heterocycles. The summed E-state index contributed by atoms with van der Waals surface area (Å²) in [6.07, 6.45) is 2.04. The number of rotatable bonds is 1. The summed E-state index contributed by atoms with van der Waals surface area (Å²) in [6.45, 7) is 3.70. The van der Waals surface area contributed by atoms with Crippen LogP contribution < -0.4 is 0 Å². The van der Waals surface area contributed by atoms with Gasteiger partial charge in [0.05, 0.1) is 5.88 Å². The van der Waals surface area contributed by atoms with Gasteiger partial charge in [-0.2, -0.15) is 0 Å². The highest BCUT2D eigenvalue weighted by molar-refractivity contribution is 7.99. The zero-order valence-corrected chi connectivity index (χ0v) is 10.8. The number of urea groups is 1. The van der Waals surface area contributed by atoms with Crippen molar-refractivity contribution in [2.24, 2.45) is 5.92 Å². The largest absolute Gasteiger partial charge is 0.480 e. The van der Waals surface area contributed by atoms with Crippen LogP contribution in [0.25, 0.3) is 0 Å². The van der Waals surface area contributed by atoms with E-state index in [2.05, 4.69) is 6.92 Å². The zero-order valence-electron chi connectivity index (χ0n) is 9.96. The predicted molar refractivity (Wildman–Crippen MR) is 66.0 cm³/mol. The fourth-order valence-corrected chi connectivity index (χ4v) is 3.36. The second kappa shape index (κ2) is 5.16. The number of carbonyl (C=O) groups is 2. The number of likely N-dealkylation sites (tertiary alicyclic amines) is 1. The number of aliphatic carboxylic acids is 1. The number of piperidine rings is 1. The predicted octanol–water partition coefficient (Wildman–Crippen LogP) is 1.30. The van der Waals surface area contributed by atoms with Gasteiger partial charge in [0.2, 0.25) is 0 Å². The number of thioether (sulfide) groups is 1. The highest BCUT2D eigenvalue weighted by atomic mass is 32.2. The molecule has 0 bridgehead atoms. The van der Waals surface area contributed by atoms with Crippen molar-refractivity contribution in [3.63, 3.8) is 0 Å². The quantitative estimate of drug-likeness (QED) is 0.770. The van der Waals surface area contributed by atoms with Crippen molar-refractivity contribution in [3.05, 3.63) is 0 Å². The first-order valence-electron chi connectivity index (χ1n) is 5.95. The molecule has 2 aliphatic heterocycles. The van der Waals surface area contributed by atoms with Crippen molar-refractivity contribution in [3.8, 4) is 0 Å². The Morgan fingerprint density at radius 1 is 1.29 bits per heavy atom. The molecule has 0 aromatic carbocycles. The first-order valence-corrected chi connectivity index (χ1v) is 7.11. The first kappa shape index (κ1) is 12.5. The smallest absolute Gasteiger partial charge is 0.327 e. The molecule has 2 saturated heterocycles. The summed E-state index contributed by atoms with van der Waals surface area (Å²) in [7, 11) is 0. The Morgan fingerprint density at radius 2 is 1.94 bits per heavy atom. The number of carboxylic acid groups (broad SMARTS) is 1. The van der Waals surface area contributed by atoms with Gasteiger partial charge in [-0.3, -0.25) is 0 Å². The second-order valence-electron chi connectivity index (χ2n) is 4.78. The van der Waals surface area contributed by atoms with Crippen LogP contribution in [0.5, 0.6) is 0 Å². The lowest BCUT2D eigenvalue weighted by molar-refractivity contribution is -0.141. The number of nitrogens with zero attached hydrogens (tertiary/aromatic N) is 2. The normalized spacial score (nSPS) is 26.3. The molecule has 0 aromatic rings. The number of amides is 2. The van der Waals surface area contributed by atoms with Gasteiger partial charge < -0.3 is 14.9 Å². The fourth-order valence-electron chi connectivity index (χ4n) is 2.22. The Morgan fingerprint density at radius 3 is 2.53 bits per heavy atom. The lowest BCUT2D eigenvalue weighted by Crippen LogP contribution is -2.50. The van der Waals surface area contributed by atoms with Crippen molar-refractivity contribution in [2.45, 2.75) is 25.8 Å². The third-order valence-corrected chi connectivity index (χ3v) is 4.48. The van der Waals surface area contributed by atoms with Crippen molar-refractivity contribution in [1.29, 1.82) is 0 Å². The van der Waals surface area contributed by atoms with Crippen molar-refractivity contribution < 1.29 is 14.7 Å². The summed E-state index contributed by atoms with van der Waals surface area (Å²) in [5, 5.41) is 9.05. The highest BCUT2D eigenvalue weighted by Crippen LogP contribution is 2.24. The van der Waals surface area contributed by atoms with Gasteiger partial charge in [0.25, 0.3) is 0 Å². The van der Waals surface area contributed by atoms with Crippen LogP contribution >= 0.6 is 11.8 Å². The summed E-state index contributed by atoms with van der Waals surface area (Å²) in [4.78, 5) is 26.5. The summed E-state index contributed by atoms with van der Waals surface area (Å²) >= 11 is 1.51. The van der Waals surface area contributed by atoms with Crippen LogP contribution in [-0.4, -0.2) is 57.7 Å². The molecule has 0 aliphatic carbocycles. The van der Waals surface area contributed by atoms with Crippen LogP contribution in [0.3, 0.4) is 0 Å². The van der Waals surface area contributed by atoms with Crippen molar-refractivity contribution in [2.75, 3.05) is 24.7 Å². The van der Waals surface area contributed by atoms with Gasteiger partial charge in [-0.25, -0.2) is 9.59 Å². The van der Waals surface area contributed by atoms with E-state index in [0.29, 0.717) is 17.5 Å². The lowest BCUT2D eigenvalue weighted by atomic mass is 9.99. The summed E-state index contributed by atoms with van der Waals surface area (Å²) < 4.78 is 0. The Bertz CT molecular complexity index is 316. The average Bonchev–Trinajstić information content (AvgIpc) is 2.78. The molecule has 0 saturated carbocycles. The SMILES string of the molecule is CC1CCN(C(=O)N2CSC[C@H]2C(=O)O)CC1. The molecule has 0 unspecified atom stereocenters. The minimum absolute atomic E-state index is 0.102. The molecule has 96 valence electrons. The minimum Gasteiger partial charge on any atom is -0.480 e. The maximum atomic E-state index is 12.2. The van der Waals surface area contributed by atoms with Crippen LogP contribution in [0.15, 0.2) is 0 Å². The number of carbonyl (C=O) groups excluding carboxylic acids is 1. The van der Waals surface area contributed by atoms with E-state index in [1.165, 1.54) is 16.7 Å². The molecule has 0 radical (unpaired) electrons. The first-order chi connectivity index (χ1) is 8.09. The van der Waals surface area contributed by atoms with Crippen LogP contribution in [0, 0.1) is 5.92 Å². The Kier molecular flexibility index (Phi) is 3.81. The van der Waals surface area contributed by atoms with E-state index in [1.807, 2.05) is 0 Å². The van der Waals surface area contributed by atoms with E-state index in [0.717, 1.165) is 25.9 Å². The number of hydrogen-bond acceptors (Lipinski definition) is 3. The standard InChI is InChI=1S/C11H18N2O3S/c1-8-2-4-12(5-3-8)11(16)13-7-17-6-9(13)10(14)15/h8-9H,2-7H2,1H3,(H,14,15)/t9-/m0/s1. The Hall–Kier alpha value is -0.910. The molecule has 17 heavy (non-hydrogen) atoms. The second-order valence-corrected chi connectivity index (χ2v) is 5.78. The molecule has 2 amide bonds. The third-order valence-electron chi connectivity index (χ3n) is 3.47. The molecule has 1 N–H and O–H groups in total. The van der Waals surface area contributed by atoms with Crippen LogP contribution in [0.1, 0.15) is 19.8 Å². The molecule has 0 aromatic heterocycles. The third kappa shape index (κ3) is 2.68. The molecule has 0 spiro atoms. The maximum absolute atomic E-state index is 12.2. The topological polar surface area (TPSA) is 60.9 Å². The van der Waals surface area contributed by atoms with Gasteiger partial charge in [-0.15, -0.1) is 11.8 Å². The molecule has 6 heteroatoms. The van der Waals surface area contributed by atoms with Gasteiger partial charge >= 0.3 is 12.0 Å². The maximum Gasteiger partial charge on any atom is 0.327 e. The highest BCUT2D eigenvalue weighted by Gasteiger charge is 2.37. The van der Waals surface area contributed by atoms with Gasteiger partial charge in [0.1, 0.15) is 6.04 Å². The average molecular weight is 258 g/mol. The van der Waals surface area contributed by atoms with E-state index >= 15 is 0 Å². The minimum atomic E-state index is -0.895.